The van der Waals surface area contributed by atoms with E-state index in [4.69, 9.17) is 4.42 Å². The number of aryl methyl sites for hydroxylation is 1. The van der Waals surface area contributed by atoms with E-state index < -0.39 is 5.76 Å². The molecule has 0 bridgehead atoms. The topological polar surface area (TPSA) is 75.1 Å². The molecule has 0 unspecified atom stereocenters. The number of aromatic amines is 1. The highest BCUT2D eigenvalue weighted by molar-refractivity contribution is 5.94. The second-order valence-electron chi connectivity index (χ2n) is 4.90. The summed E-state index contributed by atoms with van der Waals surface area (Å²) < 4.78 is 4.93. The molecule has 0 aliphatic rings. The van der Waals surface area contributed by atoms with Crippen molar-refractivity contribution in [2.24, 2.45) is 0 Å². The Bertz CT molecular complexity index is 861. The zero-order valence-corrected chi connectivity index (χ0v) is 11.5. The van der Waals surface area contributed by atoms with Crippen molar-refractivity contribution < 1.29 is 9.21 Å². The largest absolute Gasteiger partial charge is 0.417 e. The third-order valence-corrected chi connectivity index (χ3v) is 3.22. The van der Waals surface area contributed by atoms with Crippen molar-refractivity contribution >= 4 is 17.0 Å². The molecule has 0 aliphatic heterocycles. The molecule has 0 atom stereocenters. The van der Waals surface area contributed by atoms with Crippen molar-refractivity contribution in [3.05, 3.63) is 69.7 Å². The number of hydrogen-bond acceptors (Lipinski definition) is 3. The Morgan fingerprint density at radius 3 is 2.90 bits per heavy atom. The lowest BCUT2D eigenvalue weighted by atomic mass is 10.1. The molecule has 3 rings (SSSR count). The van der Waals surface area contributed by atoms with Crippen LogP contribution >= 0.6 is 0 Å². The van der Waals surface area contributed by atoms with Crippen LogP contribution < -0.4 is 11.1 Å². The molecule has 1 heterocycles. The summed E-state index contributed by atoms with van der Waals surface area (Å²) in [7, 11) is 0. The van der Waals surface area contributed by atoms with Crippen molar-refractivity contribution in [1.82, 2.24) is 10.3 Å². The van der Waals surface area contributed by atoms with E-state index in [1.165, 1.54) is 0 Å². The van der Waals surface area contributed by atoms with Gasteiger partial charge < -0.3 is 9.73 Å². The van der Waals surface area contributed by atoms with Crippen molar-refractivity contribution in [2.75, 3.05) is 0 Å². The number of aromatic nitrogens is 1. The highest BCUT2D eigenvalue weighted by Crippen LogP contribution is 2.12. The van der Waals surface area contributed by atoms with Gasteiger partial charge in [-0.1, -0.05) is 23.8 Å². The van der Waals surface area contributed by atoms with Crippen LogP contribution in [-0.4, -0.2) is 10.9 Å². The predicted octanol–water partition coefficient (Wildman–Crippen LogP) is 2.36. The third-order valence-electron chi connectivity index (χ3n) is 3.22. The van der Waals surface area contributed by atoms with E-state index in [0.29, 0.717) is 23.2 Å². The maximum atomic E-state index is 12.1. The zero-order chi connectivity index (χ0) is 14.8. The number of hydrogen-bond donors (Lipinski definition) is 2. The van der Waals surface area contributed by atoms with Crippen molar-refractivity contribution in [2.45, 2.75) is 13.5 Å². The summed E-state index contributed by atoms with van der Waals surface area (Å²) in [6.45, 7) is 2.33. The highest BCUT2D eigenvalue weighted by atomic mass is 16.4. The fraction of sp³-hybridized carbons (Fsp3) is 0.125. The molecule has 21 heavy (non-hydrogen) atoms. The summed E-state index contributed by atoms with van der Waals surface area (Å²) in [5.74, 6) is -0.606. The van der Waals surface area contributed by atoms with Crippen LogP contribution in [0.4, 0.5) is 0 Å². The minimum Gasteiger partial charge on any atom is -0.408 e. The molecule has 0 radical (unpaired) electrons. The van der Waals surface area contributed by atoms with Gasteiger partial charge in [-0.15, -0.1) is 0 Å². The fourth-order valence-electron chi connectivity index (χ4n) is 2.18. The molecule has 2 aromatic carbocycles. The average Bonchev–Trinajstić information content (AvgIpc) is 2.84. The van der Waals surface area contributed by atoms with Gasteiger partial charge in [0.2, 0.25) is 0 Å². The molecule has 106 valence electrons. The van der Waals surface area contributed by atoms with E-state index >= 15 is 0 Å². The monoisotopic (exact) mass is 282 g/mol. The summed E-state index contributed by atoms with van der Waals surface area (Å²) in [5.41, 5.74) is 3.70. The van der Waals surface area contributed by atoms with Gasteiger partial charge in [-0.05, 0) is 36.8 Å². The Kier molecular flexibility index (Phi) is 3.31. The van der Waals surface area contributed by atoms with E-state index in [2.05, 4.69) is 10.3 Å². The van der Waals surface area contributed by atoms with E-state index in [0.717, 1.165) is 11.1 Å². The molecule has 0 spiro atoms. The highest BCUT2D eigenvalue weighted by Gasteiger charge is 2.06. The first-order valence-electron chi connectivity index (χ1n) is 6.58. The van der Waals surface area contributed by atoms with Crippen molar-refractivity contribution in [3.63, 3.8) is 0 Å². The Balaban J connectivity index is 1.73. The first-order valence-corrected chi connectivity index (χ1v) is 6.58. The minimum atomic E-state index is -0.481. The van der Waals surface area contributed by atoms with Gasteiger partial charge in [-0.25, -0.2) is 4.79 Å². The number of carbonyl (C=O) groups excluding carboxylic acids is 1. The van der Waals surface area contributed by atoms with Gasteiger partial charge in [0.05, 0.1) is 5.52 Å². The predicted molar refractivity (Wildman–Crippen MR) is 79.2 cm³/mol. The van der Waals surface area contributed by atoms with E-state index in [-0.39, 0.29) is 5.91 Å². The normalized spacial score (nSPS) is 10.7. The van der Waals surface area contributed by atoms with E-state index in [9.17, 15) is 9.59 Å². The summed E-state index contributed by atoms with van der Waals surface area (Å²) >= 11 is 0. The van der Waals surface area contributed by atoms with Crippen molar-refractivity contribution in [1.29, 1.82) is 0 Å². The molecule has 3 aromatic rings. The van der Waals surface area contributed by atoms with Gasteiger partial charge in [-0.2, -0.15) is 0 Å². The minimum absolute atomic E-state index is 0.125. The molecule has 0 saturated heterocycles. The molecule has 1 aromatic heterocycles. The number of oxazole rings is 1. The molecule has 1 amide bonds. The van der Waals surface area contributed by atoms with Gasteiger partial charge in [0.25, 0.3) is 5.91 Å². The molecule has 5 nitrogen and oxygen atoms in total. The van der Waals surface area contributed by atoms with Crippen molar-refractivity contribution in [3.8, 4) is 0 Å². The number of nitrogens with one attached hydrogen (secondary N) is 2. The Labute approximate surface area is 120 Å². The standard InChI is InChI=1S/C16H14N2O3/c1-10-3-2-4-12(7-10)15(19)17-9-11-5-6-14-13(8-11)18-16(20)21-14/h2-8H,9H2,1H3,(H,17,19)(H,18,20). The number of rotatable bonds is 3. The second-order valence-corrected chi connectivity index (χ2v) is 4.90. The van der Waals surface area contributed by atoms with Gasteiger partial charge in [0.15, 0.2) is 5.58 Å². The molecule has 0 saturated carbocycles. The Morgan fingerprint density at radius 1 is 1.24 bits per heavy atom. The Hall–Kier alpha value is -2.82. The molecular weight excluding hydrogens is 268 g/mol. The van der Waals surface area contributed by atoms with Gasteiger partial charge in [0, 0.05) is 12.1 Å². The van der Waals surface area contributed by atoms with E-state index in [1.54, 1.807) is 18.2 Å². The van der Waals surface area contributed by atoms with Crippen LogP contribution in [0.1, 0.15) is 21.5 Å². The van der Waals surface area contributed by atoms with Gasteiger partial charge in [-0.3, -0.25) is 9.78 Å². The SMILES string of the molecule is Cc1cccc(C(=O)NCc2ccc3oc(=O)[nH]c3c2)c1. The van der Waals surface area contributed by atoms with E-state index in [1.807, 2.05) is 31.2 Å². The zero-order valence-electron chi connectivity index (χ0n) is 11.5. The summed E-state index contributed by atoms with van der Waals surface area (Å²) in [6, 6.07) is 12.7. The maximum Gasteiger partial charge on any atom is 0.417 e. The van der Waals surface area contributed by atoms with Crippen LogP contribution in [0, 0.1) is 6.92 Å². The molecular formula is C16H14N2O3. The fourth-order valence-corrected chi connectivity index (χ4v) is 2.18. The van der Waals surface area contributed by atoms with Crippen LogP contribution in [0.15, 0.2) is 51.7 Å². The summed E-state index contributed by atoms with van der Waals surface area (Å²) in [6.07, 6.45) is 0. The van der Waals surface area contributed by atoms with Crippen LogP contribution in [0.5, 0.6) is 0 Å². The number of H-pyrrole nitrogens is 1. The second kappa shape index (κ2) is 5.28. The lowest BCUT2D eigenvalue weighted by Gasteiger charge is -2.06. The Morgan fingerprint density at radius 2 is 2.10 bits per heavy atom. The molecule has 5 heteroatoms. The number of carbonyl (C=O) groups is 1. The smallest absolute Gasteiger partial charge is 0.408 e. The first-order chi connectivity index (χ1) is 10.1. The van der Waals surface area contributed by atoms with Gasteiger partial charge >= 0.3 is 5.76 Å². The third kappa shape index (κ3) is 2.86. The number of amides is 1. The van der Waals surface area contributed by atoms with Gasteiger partial charge in [0.1, 0.15) is 0 Å². The van der Waals surface area contributed by atoms with Crippen LogP contribution in [0.3, 0.4) is 0 Å². The first kappa shape index (κ1) is 13.2. The maximum absolute atomic E-state index is 12.1. The molecule has 2 N–H and O–H groups in total. The quantitative estimate of drug-likeness (QED) is 0.774. The lowest BCUT2D eigenvalue weighted by Crippen LogP contribution is -2.22. The lowest BCUT2D eigenvalue weighted by molar-refractivity contribution is 0.0951. The van der Waals surface area contributed by atoms with Crippen LogP contribution in [0.25, 0.3) is 11.1 Å². The number of fused-ring (bicyclic) bond motifs is 1. The summed E-state index contributed by atoms with van der Waals surface area (Å²) in [5, 5.41) is 2.85. The molecule has 0 aliphatic carbocycles. The van der Waals surface area contributed by atoms with Crippen LogP contribution in [-0.2, 0) is 6.54 Å². The number of benzene rings is 2. The summed E-state index contributed by atoms with van der Waals surface area (Å²) in [4.78, 5) is 25.7. The molecule has 0 fully saturated rings. The van der Waals surface area contributed by atoms with Crippen LogP contribution in [0.2, 0.25) is 0 Å². The average molecular weight is 282 g/mol.